The van der Waals surface area contributed by atoms with Gasteiger partial charge >= 0.3 is 0 Å². The van der Waals surface area contributed by atoms with Crippen molar-refractivity contribution in [1.29, 1.82) is 0 Å². The summed E-state index contributed by atoms with van der Waals surface area (Å²) in [5, 5.41) is 20.1. The van der Waals surface area contributed by atoms with E-state index in [1.165, 1.54) is 12.1 Å². The molecule has 0 aliphatic heterocycles. The first-order valence-corrected chi connectivity index (χ1v) is 6.62. The highest BCUT2D eigenvalue weighted by Crippen LogP contribution is 2.23. The fraction of sp³-hybridized carbons (Fsp3) is 0.250. The molecule has 0 radical (unpaired) electrons. The molecule has 2 aromatic rings. The lowest BCUT2D eigenvalue weighted by molar-refractivity contribution is -0.384. The number of aryl methyl sites for hydroxylation is 1. The SMILES string of the molecule is Cc1cc([C@H](C)O)ccc1OCc1ccc([N+](=O)[O-])cc1. The van der Waals surface area contributed by atoms with Gasteiger partial charge in [0.25, 0.3) is 5.69 Å². The summed E-state index contributed by atoms with van der Waals surface area (Å²) in [6.07, 6.45) is -0.507. The lowest BCUT2D eigenvalue weighted by Gasteiger charge is -2.12. The van der Waals surface area contributed by atoms with Crippen molar-refractivity contribution in [3.63, 3.8) is 0 Å². The molecule has 0 spiro atoms. The number of nitro benzene ring substituents is 1. The van der Waals surface area contributed by atoms with Crippen molar-refractivity contribution in [3.05, 3.63) is 69.3 Å². The minimum atomic E-state index is -0.507. The molecule has 0 unspecified atom stereocenters. The summed E-state index contributed by atoms with van der Waals surface area (Å²) >= 11 is 0. The third-order valence-electron chi connectivity index (χ3n) is 3.22. The van der Waals surface area contributed by atoms with Crippen molar-refractivity contribution in [2.24, 2.45) is 0 Å². The molecule has 0 amide bonds. The second-order valence-electron chi connectivity index (χ2n) is 4.91. The summed E-state index contributed by atoms with van der Waals surface area (Å²) in [5.74, 6) is 0.734. The fourth-order valence-electron chi connectivity index (χ4n) is 1.97. The van der Waals surface area contributed by atoms with Crippen LogP contribution in [0.5, 0.6) is 5.75 Å². The molecule has 5 heteroatoms. The van der Waals surface area contributed by atoms with E-state index in [-0.39, 0.29) is 5.69 Å². The Balaban J connectivity index is 2.04. The molecule has 0 heterocycles. The molecular formula is C16H17NO4. The van der Waals surface area contributed by atoms with Crippen molar-refractivity contribution < 1.29 is 14.8 Å². The van der Waals surface area contributed by atoms with E-state index in [1.54, 1.807) is 19.1 Å². The quantitative estimate of drug-likeness (QED) is 0.674. The smallest absolute Gasteiger partial charge is 0.269 e. The molecule has 5 nitrogen and oxygen atoms in total. The van der Waals surface area contributed by atoms with Crippen LogP contribution in [0, 0.1) is 17.0 Å². The maximum Gasteiger partial charge on any atom is 0.269 e. The van der Waals surface area contributed by atoms with Gasteiger partial charge in [-0.15, -0.1) is 0 Å². The van der Waals surface area contributed by atoms with E-state index in [4.69, 9.17) is 4.74 Å². The van der Waals surface area contributed by atoms with Crippen LogP contribution in [0.15, 0.2) is 42.5 Å². The summed E-state index contributed by atoms with van der Waals surface area (Å²) in [6.45, 7) is 3.97. The minimum Gasteiger partial charge on any atom is -0.489 e. The van der Waals surface area contributed by atoms with Crippen molar-refractivity contribution in [2.45, 2.75) is 26.6 Å². The standard InChI is InChI=1S/C16H17NO4/c1-11-9-14(12(2)18)5-8-16(11)21-10-13-3-6-15(7-4-13)17(19)20/h3-9,12,18H,10H2,1-2H3/t12-/m0/s1. The van der Waals surface area contributed by atoms with Crippen LogP contribution < -0.4 is 4.74 Å². The number of nitrogens with zero attached hydrogens (tertiary/aromatic N) is 1. The lowest BCUT2D eigenvalue weighted by Crippen LogP contribution is -1.99. The van der Waals surface area contributed by atoms with Crippen molar-refractivity contribution in [2.75, 3.05) is 0 Å². The first-order valence-electron chi connectivity index (χ1n) is 6.62. The molecule has 2 aromatic carbocycles. The van der Waals surface area contributed by atoms with Gasteiger partial charge in [0.1, 0.15) is 12.4 Å². The Kier molecular flexibility index (Phi) is 4.55. The first-order chi connectivity index (χ1) is 9.97. The average Bonchev–Trinajstić information content (AvgIpc) is 2.46. The third kappa shape index (κ3) is 3.79. The Morgan fingerprint density at radius 1 is 1.24 bits per heavy atom. The summed E-state index contributed by atoms with van der Waals surface area (Å²) in [7, 11) is 0. The number of aliphatic hydroxyl groups is 1. The van der Waals surface area contributed by atoms with Crippen LogP contribution in [-0.4, -0.2) is 10.0 Å². The Bertz CT molecular complexity index is 635. The molecule has 2 rings (SSSR count). The van der Waals surface area contributed by atoms with Gasteiger partial charge in [-0.25, -0.2) is 0 Å². The molecule has 0 fully saturated rings. The zero-order valence-corrected chi connectivity index (χ0v) is 11.9. The number of nitro groups is 1. The first kappa shape index (κ1) is 15.0. The molecule has 1 atom stereocenters. The van der Waals surface area contributed by atoms with Gasteiger partial charge < -0.3 is 9.84 Å². The van der Waals surface area contributed by atoms with Crippen LogP contribution in [-0.2, 0) is 6.61 Å². The Labute approximate surface area is 123 Å². The number of non-ortho nitro benzene ring substituents is 1. The van der Waals surface area contributed by atoms with E-state index in [0.29, 0.717) is 6.61 Å². The van der Waals surface area contributed by atoms with Crippen molar-refractivity contribution in [3.8, 4) is 5.75 Å². The predicted molar refractivity (Wildman–Crippen MR) is 79.2 cm³/mol. The highest BCUT2D eigenvalue weighted by molar-refractivity contribution is 5.37. The molecule has 0 aliphatic carbocycles. The maximum atomic E-state index is 10.6. The Hall–Kier alpha value is -2.40. The molecule has 110 valence electrons. The summed E-state index contributed by atoms with van der Waals surface area (Å²) in [5.41, 5.74) is 2.71. The Morgan fingerprint density at radius 2 is 1.90 bits per heavy atom. The summed E-state index contributed by atoms with van der Waals surface area (Å²) < 4.78 is 5.71. The van der Waals surface area contributed by atoms with Crippen LogP contribution in [0.2, 0.25) is 0 Å². The number of aliphatic hydroxyl groups excluding tert-OH is 1. The molecule has 21 heavy (non-hydrogen) atoms. The summed E-state index contributed by atoms with van der Waals surface area (Å²) in [4.78, 5) is 10.1. The second kappa shape index (κ2) is 6.37. The van der Waals surface area contributed by atoms with Crippen LogP contribution >= 0.6 is 0 Å². The predicted octanol–water partition coefficient (Wildman–Crippen LogP) is 3.54. The van der Waals surface area contributed by atoms with Gasteiger partial charge in [-0.1, -0.05) is 6.07 Å². The van der Waals surface area contributed by atoms with Gasteiger partial charge in [-0.3, -0.25) is 10.1 Å². The highest BCUT2D eigenvalue weighted by Gasteiger charge is 2.07. The van der Waals surface area contributed by atoms with E-state index in [1.807, 2.05) is 25.1 Å². The third-order valence-corrected chi connectivity index (χ3v) is 3.22. The van der Waals surface area contributed by atoms with Crippen LogP contribution in [0.4, 0.5) is 5.69 Å². The minimum absolute atomic E-state index is 0.0659. The maximum absolute atomic E-state index is 10.6. The topological polar surface area (TPSA) is 72.6 Å². The monoisotopic (exact) mass is 287 g/mol. The molecular weight excluding hydrogens is 270 g/mol. The van der Waals surface area contributed by atoms with Crippen molar-refractivity contribution >= 4 is 5.69 Å². The molecule has 1 N–H and O–H groups in total. The lowest BCUT2D eigenvalue weighted by atomic mass is 10.1. The fourth-order valence-corrected chi connectivity index (χ4v) is 1.97. The van der Waals surface area contributed by atoms with Crippen LogP contribution in [0.3, 0.4) is 0 Å². The molecule has 0 bridgehead atoms. The Morgan fingerprint density at radius 3 is 2.43 bits per heavy atom. The zero-order chi connectivity index (χ0) is 15.4. The molecule has 0 aromatic heterocycles. The molecule has 0 aliphatic rings. The van der Waals surface area contributed by atoms with Gasteiger partial charge in [0.05, 0.1) is 11.0 Å². The summed E-state index contributed by atoms with van der Waals surface area (Å²) in [6, 6.07) is 11.8. The van der Waals surface area contributed by atoms with E-state index in [2.05, 4.69) is 0 Å². The highest BCUT2D eigenvalue weighted by atomic mass is 16.6. The largest absolute Gasteiger partial charge is 0.489 e. The number of hydrogen-bond acceptors (Lipinski definition) is 4. The van der Waals surface area contributed by atoms with E-state index >= 15 is 0 Å². The van der Waals surface area contributed by atoms with Crippen LogP contribution in [0.25, 0.3) is 0 Å². The second-order valence-corrected chi connectivity index (χ2v) is 4.91. The molecule has 0 saturated carbocycles. The van der Waals surface area contributed by atoms with E-state index in [9.17, 15) is 15.2 Å². The molecule has 0 saturated heterocycles. The number of benzene rings is 2. The number of hydrogen-bond donors (Lipinski definition) is 1. The van der Waals surface area contributed by atoms with Gasteiger partial charge in [0, 0.05) is 12.1 Å². The van der Waals surface area contributed by atoms with Crippen LogP contribution in [0.1, 0.15) is 29.7 Å². The van der Waals surface area contributed by atoms with Gasteiger partial charge in [-0.05, 0) is 54.8 Å². The van der Waals surface area contributed by atoms with Gasteiger partial charge in [0.2, 0.25) is 0 Å². The average molecular weight is 287 g/mol. The van der Waals surface area contributed by atoms with Crippen molar-refractivity contribution in [1.82, 2.24) is 0 Å². The van der Waals surface area contributed by atoms with Gasteiger partial charge in [0.15, 0.2) is 0 Å². The van der Waals surface area contributed by atoms with E-state index < -0.39 is 11.0 Å². The van der Waals surface area contributed by atoms with Gasteiger partial charge in [-0.2, -0.15) is 0 Å². The number of rotatable bonds is 5. The normalized spacial score (nSPS) is 12.0. The van der Waals surface area contributed by atoms with E-state index in [0.717, 1.165) is 22.4 Å². The number of ether oxygens (including phenoxy) is 1. The zero-order valence-electron chi connectivity index (χ0n) is 11.9.